The summed E-state index contributed by atoms with van der Waals surface area (Å²) in [5.41, 5.74) is 2.03. The topological polar surface area (TPSA) is 75.9 Å². The Morgan fingerprint density at radius 1 is 1.15 bits per heavy atom. The Kier molecular flexibility index (Phi) is 4.84. The van der Waals surface area contributed by atoms with Crippen LogP contribution in [0, 0.1) is 19.8 Å². The molecule has 10 heteroatoms. The fraction of sp³-hybridized carbons (Fsp3) is 0.500. The van der Waals surface area contributed by atoms with Crippen molar-refractivity contribution >= 4 is 11.7 Å². The number of nitrogens with one attached hydrogen (secondary N) is 1. The Morgan fingerprint density at radius 2 is 1.77 bits per heavy atom. The molecule has 140 valence electrons. The lowest BCUT2D eigenvalue weighted by Crippen LogP contribution is -2.40. The van der Waals surface area contributed by atoms with Gasteiger partial charge in [-0.15, -0.1) is 10.2 Å². The second-order valence-electron chi connectivity index (χ2n) is 6.27. The summed E-state index contributed by atoms with van der Waals surface area (Å²) in [4.78, 5) is 18.2. The molecule has 1 fully saturated rings. The first-order valence-electron chi connectivity index (χ1n) is 8.23. The first-order valence-corrected chi connectivity index (χ1v) is 8.23. The van der Waals surface area contributed by atoms with E-state index in [0.717, 1.165) is 12.3 Å². The van der Waals surface area contributed by atoms with Gasteiger partial charge in [0.15, 0.2) is 0 Å². The number of carbonyl (C=O) groups is 1. The number of amides is 1. The van der Waals surface area contributed by atoms with Crippen molar-refractivity contribution in [3.63, 3.8) is 0 Å². The van der Waals surface area contributed by atoms with E-state index in [4.69, 9.17) is 0 Å². The molecule has 1 aliphatic heterocycles. The van der Waals surface area contributed by atoms with Gasteiger partial charge in [0.1, 0.15) is 17.5 Å². The zero-order valence-electron chi connectivity index (χ0n) is 14.4. The van der Waals surface area contributed by atoms with E-state index in [0.29, 0.717) is 43.4 Å². The Bertz CT molecular complexity index is 759. The van der Waals surface area contributed by atoms with Gasteiger partial charge in [-0.2, -0.15) is 13.2 Å². The first-order chi connectivity index (χ1) is 12.3. The average molecular weight is 368 g/mol. The van der Waals surface area contributed by atoms with Crippen LogP contribution in [0.4, 0.5) is 19.0 Å². The predicted molar refractivity (Wildman–Crippen MR) is 88.0 cm³/mol. The molecule has 7 nitrogen and oxygen atoms in total. The highest BCUT2D eigenvalue weighted by molar-refractivity contribution is 5.86. The van der Waals surface area contributed by atoms with Crippen molar-refractivity contribution < 1.29 is 18.0 Å². The third-order valence-corrected chi connectivity index (χ3v) is 4.47. The fourth-order valence-corrected chi connectivity index (χ4v) is 2.94. The smallest absolute Gasteiger partial charge is 0.357 e. The molecule has 0 spiro atoms. The molecule has 0 atom stereocenters. The standard InChI is InChI=1S/C16H19F3N6O/c1-10-21-22-11(2)25(10)23-15(26)12-5-7-24(8-6-12)14-4-3-13(9-20-14)16(17,18)19/h3-4,9,12H,5-8H2,1-2H3,(H,23,26). The Balaban J connectivity index is 1.58. The van der Waals surface area contributed by atoms with Gasteiger partial charge in [0.2, 0.25) is 5.91 Å². The van der Waals surface area contributed by atoms with Crippen LogP contribution < -0.4 is 10.3 Å². The van der Waals surface area contributed by atoms with Crippen molar-refractivity contribution in [2.24, 2.45) is 5.92 Å². The fourth-order valence-electron chi connectivity index (χ4n) is 2.94. The third kappa shape index (κ3) is 3.78. The van der Waals surface area contributed by atoms with Crippen LogP contribution in [0.1, 0.15) is 30.1 Å². The molecular weight excluding hydrogens is 349 g/mol. The lowest BCUT2D eigenvalue weighted by molar-refractivity contribution is -0.137. The number of rotatable bonds is 3. The number of alkyl halides is 3. The van der Waals surface area contributed by atoms with Crippen molar-refractivity contribution in [1.82, 2.24) is 19.9 Å². The molecule has 1 saturated heterocycles. The van der Waals surface area contributed by atoms with E-state index >= 15 is 0 Å². The summed E-state index contributed by atoms with van der Waals surface area (Å²) in [6, 6.07) is 2.39. The lowest BCUT2D eigenvalue weighted by atomic mass is 9.96. The number of hydrogen-bond donors (Lipinski definition) is 1. The number of hydrogen-bond acceptors (Lipinski definition) is 5. The number of aryl methyl sites for hydroxylation is 2. The largest absolute Gasteiger partial charge is 0.417 e. The van der Waals surface area contributed by atoms with Crippen LogP contribution in [-0.2, 0) is 11.0 Å². The van der Waals surface area contributed by atoms with Gasteiger partial charge in [0.05, 0.1) is 5.56 Å². The first kappa shape index (κ1) is 18.2. The molecule has 0 unspecified atom stereocenters. The van der Waals surface area contributed by atoms with Crippen LogP contribution in [0.25, 0.3) is 0 Å². The average Bonchev–Trinajstić information content (AvgIpc) is 2.93. The summed E-state index contributed by atoms with van der Waals surface area (Å²) in [5.74, 6) is 1.39. The molecule has 0 aliphatic carbocycles. The highest BCUT2D eigenvalue weighted by atomic mass is 19.4. The third-order valence-electron chi connectivity index (χ3n) is 4.47. The van der Waals surface area contributed by atoms with E-state index in [2.05, 4.69) is 20.6 Å². The number of aromatic nitrogens is 4. The Morgan fingerprint density at radius 3 is 2.27 bits per heavy atom. The molecule has 1 aliphatic rings. The minimum atomic E-state index is -4.39. The minimum absolute atomic E-state index is 0.115. The summed E-state index contributed by atoms with van der Waals surface area (Å²) in [6.45, 7) is 4.60. The number of anilines is 1. The molecule has 3 rings (SSSR count). The van der Waals surface area contributed by atoms with Gasteiger partial charge in [-0.05, 0) is 38.8 Å². The molecule has 1 N–H and O–H groups in total. The normalized spacial score (nSPS) is 16.0. The van der Waals surface area contributed by atoms with Crippen molar-refractivity contribution in [2.75, 3.05) is 23.4 Å². The van der Waals surface area contributed by atoms with Crippen LogP contribution in [-0.4, -0.2) is 38.9 Å². The van der Waals surface area contributed by atoms with E-state index in [9.17, 15) is 18.0 Å². The van der Waals surface area contributed by atoms with E-state index in [1.807, 2.05) is 4.90 Å². The number of piperidine rings is 1. The van der Waals surface area contributed by atoms with Crippen molar-refractivity contribution in [3.05, 3.63) is 35.5 Å². The minimum Gasteiger partial charge on any atom is -0.357 e. The number of pyridine rings is 1. The summed E-state index contributed by atoms with van der Waals surface area (Å²) >= 11 is 0. The SMILES string of the molecule is Cc1nnc(C)n1NC(=O)C1CCN(c2ccc(C(F)(F)F)cn2)CC1. The second-order valence-corrected chi connectivity index (χ2v) is 6.27. The van der Waals surface area contributed by atoms with Gasteiger partial charge in [0.25, 0.3) is 0 Å². The van der Waals surface area contributed by atoms with Crippen LogP contribution in [0.15, 0.2) is 18.3 Å². The van der Waals surface area contributed by atoms with Gasteiger partial charge in [-0.25, -0.2) is 9.66 Å². The molecule has 0 saturated carbocycles. The van der Waals surface area contributed by atoms with Crippen molar-refractivity contribution in [2.45, 2.75) is 32.9 Å². The van der Waals surface area contributed by atoms with Crippen LogP contribution in [0.5, 0.6) is 0 Å². The Hall–Kier alpha value is -2.65. The van der Waals surface area contributed by atoms with Gasteiger partial charge < -0.3 is 4.90 Å². The summed E-state index contributed by atoms with van der Waals surface area (Å²) in [6.07, 6.45) is -2.37. The maximum Gasteiger partial charge on any atom is 0.417 e. The zero-order chi connectivity index (χ0) is 18.9. The van der Waals surface area contributed by atoms with Crippen LogP contribution in [0.2, 0.25) is 0 Å². The molecule has 0 radical (unpaired) electrons. The monoisotopic (exact) mass is 368 g/mol. The summed E-state index contributed by atoms with van der Waals surface area (Å²) in [7, 11) is 0. The molecule has 26 heavy (non-hydrogen) atoms. The summed E-state index contributed by atoms with van der Waals surface area (Å²) < 4.78 is 39.4. The van der Waals surface area contributed by atoms with E-state index in [1.54, 1.807) is 18.5 Å². The maximum atomic E-state index is 12.6. The van der Waals surface area contributed by atoms with E-state index in [-0.39, 0.29) is 11.8 Å². The highest BCUT2D eigenvalue weighted by Crippen LogP contribution is 2.30. The van der Waals surface area contributed by atoms with E-state index in [1.165, 1.54) is 6.07 Å². The second kappa shape index (κ2) is 6.93. The molecule has 2 aromatic heterocycles. The van der Waals surface area contributed by atoms with Gasteiger partial charge in [0, 0.05) is 25.2 Å². The van der Waals surface area contributed by atoms with Gasteiger partial charge in [-0.1, -0.05) is 0 Å². The van der Waals surface area contributed by atoms with Gasteiger partial charge >= 0.3 is 6.18 Å². The summed E-state index contributed by atoms with van der Waals surface area (Å²) in [5, 5.41) is 7.78. The van der Waals surface area contributed by atoms with Crippen LogP contribution >= 0.6 is 0 Å². The molecule has 0 aromatic carbocycles. The van der Waals surface area contributed by atoms with Crippen molar-refractivity contribution in [3.8, 4) is 0 Å². The Labute approximate surface area is 148 Å². The van der Waals surface area contributed by atoms with Crippen LogP contribution in [0.3, 0.4) is 0 Å². The highest BCUT2D eigenvalue weighted by Gasteiger charge is 2.31. The molecular formula is C16H19F3N6O. The maximum absolute atomic E-state index is 12.6. The predicted octanol–water partition coefficient (Wildman–Crippen LogP) is 2.30. The number of carbonyl (C=O) groups excluding carboxylic acids is 1. The van der Waals surface area contributed by atoms with E-state index < -0.39 is 11.7 Å². The molecule has 0 bridgehead atoms. The molecule has 2 aromatic rings. The van der Waals surface area contributed by atoms with Gasteiger partial charge in [-0.3, -0.25) is 10.2 Å². The van der Waals surface area contributed by atoms with Crippen molar-refractivity contribution in [1.29, 1.82) is 0 Å². The lowest BCUT2D eigenvalue weighted by Gasteiger charge is -2.32. The quantitative estimate of drug-likeness (QED) is 0.900. The zero-order valence-corrected chi connectivity index (χ0v) is 14.4. The molecule has 3 heterocycles. The molecule has 1 amide bonds. The number of nitrogens with zero attached hydrogens (tertiary/aromatic N) is 5. The number of halogens is 3.